The Morgan fingerprint density at radius 2 is 1.90 bits per heavy atom. The van der Waals surface area contributed by atoms with Gasteiger partial charge < -0.3 is 14.2 Å². The molecule has 0 aromatic carbocycles. The van der Waals surface area contributed by atoms with E-state index < -0.39 is 42.4 Å². The van der Waals surface area contributed by atoms with E-state index in [1.54, 1.807) is 0 Å². The molecule has 0 saturated carbocycles. The van der Waals surface area contributed by atoms with Crippen LogP contribution in [0.5, 0.6) is 11.5 Å². The van der Waals surface area contributed by atoms with Crippen LogP contribution in [0.15, 0.2) is 6.20 Å². The van der Waals surface area contributed by atoms with Crippen LogP contribution < -0.4 is 9.47 Å². The van der Waals surface area contributed by atoms with Gasteiger partial charge in [0, 0.05) is 11.8 Å². The Labute approximate surface area is 115 Å². The number of hydrogen-bond donors (Lipinski definition) is 0. The number of halogens is 5. The summed E-state index contributed by atoms with van der Waals surface area (Å²) in [6.07, 6.45) is -8.29. The zero-order valence-corrected chi connectivity index (χ0v) is 10.8. The summed E-state index contributed by atoms with van der Waals surface area (Å²) >= 11 is 0. The minimum atomic E-state index is -5.15. The lowest BCUT2D eigenvalue weighted by atomic mass is 10.1. The molecule has 0 atom stereocenters. The summed E-state index contributed by atoms with van der Waals surface area (Å²) < 4.78 is 75.1. The van der Waals surface area contributed by atoms with Gasteiger partial charge in [0.15, 0.2) is 17.2 Å². The molecule has 0 aliphatic rings. The summed E-state index contributed by atoms with van der Waals surface area (Å²) in [5.41, 5.74) is -1.41. The van der Waals surface area contributed by atoms with Crippen molar-refractivity contribution in [2.24, 2.45) is 0 Å². The van der Waals surface area contributed by atoms with Gasteiger partial charge in [-0.3, -0.25) is 9.78 Å². The first-order chi connectivity index (χ1) is 9.69. The first kappa shape index (κ1) is 16.9. The summed E-state index contributed by atoms with van der Waals surface area (Å²) in [4.78, 5) is 14.4. The zero-order chi connectivity index (χ0) is 16.2. The van der Waals surface area contributed by atoms with Crippen LogP contribution in [0.4, 0.5) is 22.0 Å². The van der Waals surface area contributed by atoms with Crippen molar-refractivity contribution >= 4 is 5.97 Å². The minimum Gasteiger partial charge on any atom is -0.491 e. The first-order valence-electron chi connectivity index (χ1n) is 5.36. The lowest BCUT2D eigenvalue weighted by molar-refractivity contribution is -0.275. The van der Waals surface area contributed by atoms with Crippen LogP contribution in [-0.4, -0.2) is 31.5 Å². The van der Waals surface area contributed by atoms with Crippen molar-refractivity contribution in [3.63, 3.8) is 0 Å². The number of methoxy groups -OCH3 is 2. The predicted molar refractivity (Wildman–Crippen MR) is 58.1 cm³/mol. The Morgan fingerprint density at radius 1 is 1.29 bits per heavy atom. The van der Waals surface area contributed by atoms with Crippen molar-refractivity contribution in [1.29, 1.82) is 0 Å². The zero-order valence-electron chi connectivity index (χ0n) is 10.8. The molecule has 0 aliphatic carbocycles. The summed E-state index contributed by atoms with van der Waals surface area (Å²) in [6.45, 7) is 0. The highest BCUT2D eigenvalue weighted by Crippen LogP contribution is 2.40. The van der Waals surface area contributed by atoms with Crippen LogP contribution >= 0.6 is 0 Å². The van der Waals surface area contributed by atoms with Crippen LogP contribution in [0.3, 0.4) is 0 Å². The summed E-state index contributed by atoms with van der Waals surface area (Å²) in [5, 5.41) is 0. The fourth-order valence-electron chi connectivity index (χ4n) is 1.46. The van der Waals surface area contributed by atoms with E-state index in [1.165, 1.54) is 0 Å². The molecular formula is C11H10F5NO4. The Kier molecular flexibility index (Phi) is 5.28. The summed E-state index contributed by atoms with van der Waals surface area (Å²) in [7, 11) is 1.90. The minimum absolute atomic E-state index is 0.388. The molecule has 0 aliphatic heterocycles. The quantitative estimate of drug-likeness (QED) is 0.617. The van der Waals surface area contributed by atoms with Gasteiger partial charge in [-0.25, -0.2) is 8.78 Å². The van der Waals surface area contributed by atoms with Crippen molar-refractivity contribution in [2.75, 3.05) is 14.2 Å². The maximum Gasteiger partial charge on any atom is 0.573 e. The van der Waals surface area contributed by atoms with Crippen LogP contribution in [-0.2, 0) is 16.0 Å². The van der Waals surface area contributed by atoms with Crippen molar-refractivity contribution in [3.8, 4) is 11.5 Å². The molecule has 0 radical (unpaired) electrons. The molecule has 0 spiro atoms. The number of aromatic nitrogens is 1. The Morgan fingerprint density at radius 3 is 2.33 bits per heavy atom. The number of carbonyl (C=O) groups is 1. The molecule has 0 bridgehead atoms. The average Bonchev–Trinajstić information content (AvgIpc) is 2.38. The molecule has 1 aromatic heterocycles. The van der Waals surface area contributed by atoms with Crippen LogP contribution in [0.1, 0.15) is 17.7 Å². The lowest BCUT2D eigenvalue weighted by Crippen LogP contribution is -2.20. The van der Waals surface area contributed by atoms with Gasteiger partial charge in [-0.15, -0.1) is 13.2 Å². The van der Waals surface area contributed by atoms with Gasteiger partial charge in [-0.1, -0.05) is 0 Å². The Bertz CT molecular complexity index is 518. The number of esters is 1. The standard InChI is InChI=1S/C11H10F5NO4/c1-19-6(18)3-5-4-17-7(10(12)13)9(20-2)8(5)21-11(14,15)16/h4,10H,3H2,1-2H3. The highest BCUT2D eigenvalue weighted by atomic mass is 19.4. The molecule has 5 nitrogen and oxygen atoms in total. The van der Waals surface area contributed by atoms with Gasteiger partial charge in [0.05, 0.1) is 20.6 Å². The normalized spacial score (nSPS) is 11.4. The largest absolute Gasteiger partial charge is 0.573 e. The van der Waals surface area contributed by atoms with Crippen LogP contribution in [0, 0.1) is 0 Å². The van der Waals surface area contributed by atoms with E-state index in [0.717, 1.165) is 14.2 Å². The fraction of sp³-hybridized carbons (Fsp3) is 0.455. The van der Waals surface area contributed by atoms with Crippen LogP contribution in [0.25, 0.3) is 0 Å². The van der Waals surface area contributed by atoms with Crippen molar-refractivity contribution in [2.45, 2.75) is 19.2 Å². The predicted octanol–water partition coefficient (Wildman–Crippen LogP) is 2.64. The second-order valence-electron chi connectivity index (χ2n) is 3.63. The van der Waals surface area contributed by atoms with E-state index in [1.807, 2.05) is 0 Å². The maximum absolute atomic E-state index is 12.7. The number of carbonyl (C=O) groups excluding carboxylic acids is 1. The van der Waals surface area contributed by atoms with Crippen molar-refractivity contribution in [1.82, 2.24) is 4.98 Å². The van der Waals surface area contributed by atoms with Crippen molar-refractivity contribution < 1.29 is 41.0 Å². The number of rotatable bonds is 5. The molecule has 21 heavy (non-hydrogen) atoms. The number of nitrogens with zero attached hydrogens (tertiary/aromatic N) is 1. The van der Waals surface area contributed by atoms with Gasteiger partial charge in [0.25, 0.3) is 6.43 Å². The smallest absolute Gasteiger partial charge is 0.491 e. The third-order valence-electron chi connectivity index (χ3n) is 2.28. The Balaban J connectivity index is 3.39. The topological polar surface area (TPSA) is 57.7 Å². The lowest BCUT2D eigenvalue weighted by Gasteiger charge is -2.17. The molecule has 0 unspecified atom stereocenters. The van der Waals surface area contributed by atoms with E-state index in [9.17, 15) is 26.7 Å². The molecule has 118 valence electrons. The van der Waals surface area contributed by atoms with Gasteiger partial charge in [-0.2, -0.15) is 0 Å². The molecule has 1 aromatic rings. The van der Waals surface area contributed by atoms with E-state index in [2.05, 4.69) is 19.2 Å². The molecule has 0 fully saturated rings. The molecule has 0 saturated heterocycles. The van der Waals surface area contributed by atoms with Gasteiger partial charge in [0.2, 0.25) is 0 Å². The highest BCUT2D eigenvalue weighted by Gasteiger charge is 2.36. The molecule has 1 rings (SSSR count). The fourth-order valence-corrected chi connectivity index (χ4v) is 1.46. The van der Waals surface area contributed by atoms with Crippen molar-refractivity contribution in [3.05, 3.63) is 17.5 Å². The number of alkyl halides is 5. The number of ether oxygens (including phenoxy) is 3. The third-order valence-corrected chi connectivity index (χ3v) is 2.28. The van der Waals surface area contributed by atoms with Gasteiger partial charge >= 0.3 is 12.3 Å². The Hall–Kier alpha value is -2.13. The number of pyridine rings is 1. The molecule has 1 heterocycles. The SMILES string of the molecule is COC(=O)Cc1cnc(C(F)F)c(OC)c1OC(F)(F)F. The molecular weight excluding hydrogens is 305 g/mol. The van der Waals surface area contributed by atoms with Gasteiger partial charge in [0.1, 0.15) is 0 Å². The first-order valence-corrected chi connectivity index (χ1v) is 5.36. The monoisotopic (exact) mass is 315 g/mol. The second kappa shape index (κ2) is 6.55. The molecule has 0 N–H and O–H groups in total. The maximum atomic E-state index is 12.7. The third kappa shape index (κ3) is 4.43. The highest BCUT2D eigenvalue weighted by molar-refractivity contribution is 5.74. The summed E-state index contributed by atoms with van der Waals surface area (Å²) in [6, 6.07) is 0. The van der Waals surface area contributed by atoms with Crippen LogP contribution in [0.2, 0.25) is 0 Å². The molecule has 0 amide bonds. The van der Waals surface area contributed by atoms with E-state index in [-0.39, 0.29) is 5.56 Å². The number of hydrogen-bond acceptors (Lipinski definition) is 5. The van der Waals surface area contributed by atoms with E-state index in [0.29, 0.717) is 6.20 Å². The van der Waals surface area contributed by atoms with E-state index >= 15 is 0 Å². The molecule has 10 heteroatoms. The second-order valence-corrected chi connectivity index (χ2v) is 3.63. The van der Waals surface area contributed by atoms with Gasteiger partial charge in [-0.05, 0) is 0 Å². The summed E-state index contributed by atoms with van der Waals surface area (Å²) in [5.74, 6) is -2.82. The van der Waals surface area contributed by atoms with E-state index in [4.69, 9.17) is 0 Å². The average molecular weight is 315 g/mol.